The molecule has 0 saturated heterocycles. The van der Waals surface area contributed by atoms with Gasteiger partial charge < -0.3 is 10.1 Å². The summed E-state index contributed by atoms with van der Waals surface area (Å²) in [7, 11) is 0. The van der Waals surface area contributed by atoms with E-state index in [4.69, 9.17) is 4.74 Å². The van der Waals surface area contributed by atoms with Gasteiger partial charge in [-0.1, -0.05) is 37.6 Å². The second-order valence-electron chi connectivity index (χ2n) is 5.37. The number of nitriles is 1. The first-order valence-electron chi connectivity index (χ1n) is 8.04. The lowest BCUT2D eigenvalue weighted by molar-refractivity contribution is -0.112. The van der Waals surface area contributed by atoms with Crippen molar-refractivity contribution in [2.75, 3.05) is 11.9 Å². The third-order valence-electron chi connectivity index (χ3n) is 3.44. The molecule has 128 valence electrons. The SMILES string of the molecule is CCCCOc1ccc(/C=C(\C#N)C(=O)Nc2ccccc2F)cc1. The molecule has 2 aromatic carbocycles. The Labute approximate surface area is 146 Å². The van der Waals surface area contributed by atoms with E-state index in [1.54, 1.807) is 30.3 Å². The average Bonchev–Trinajstić information content (AvgIpc) is 2.63. The highest BCUT2D eigenvalue weighted by Crippen LogP contribution is 2.17. The van der Waals surface area contributed by atoms with Gasteiger partial charge in [0, 0.05) is 0 Å². The Morgan fingerprint density at radius 1 is 1.24 bits per heavy atom. The van der Waals surface area contributed by atoms with Gasteiger partial charge in [-0.3, -0.25) is 4.79 Å². The van der Waals surface area contributed by atoms with Gasteiger partial charge in [0.1, 0.15) is 23.2 Å². The first-order chi connectivity index (χ1) is 12.1. The molecule has 0 atom stereocenters. The van der Waals surface area contributed by atoms with Crippen LogP contribution in [0.25, 0.3) is 6.08 Å². The van der Waals surface area contributed by atoms with Crippen LogP contribution in [-0.2, 0) is 4.79 Å². The zero-order chi connectivity index (χ0) is 18.1. The van der Waals surface area contributed by atoms with Crippen LogP contribution in [0.3, 0.4) is 0 Å². The van der Waals surface area contributed by atoms with Gasteiger partial charge in [0.25, 0.3) is 5.91 Å². The van der Waals surface area contributed by atoms with E-state index in [2.05, 4.69) is 12.2 Å². The Morgan fingerprint density at radius 3 is 2.60 bits per heavy atom. The number of amides is 1. The summed E-state index contributed by atoms with van der Waals surface area (Å²) in [5.74, 6) is -0.475. The maximum Gasteiger partial charge on any atom is 0.266 e. The van der Waals surface area contributed by atoms with Gasteiger partial charge >= 0.3 is 0 Å². The number of carbonyl (C=O) groups excluding carboxylic acids is 1. The number of anilines is 1. The lowest BCUT2D eigenvalue weighted by atomic mass is 10.1. The minimum absolute atomic E-state index is 0.0355. The van der Waals surface area contributed by atoms with Crippen LogP contribution in [0, 0.1) is 17.1 Å². The maximum atomic E-state index is 13.6. The number of unbranched alkanes of at least 4 members (excludes halogenated alkanes) is 1. The van der Waals surface area contributed by atoms with E-state index in [1.165, 1.54) is 24.3 Å². The number of carbonyl (C=O) groups is 1. The van der Waals surface area contributed by atoms with E-state index < -0.39 is 11.7 Å². The van der Waals surface area contributed by atoms with Crippen molar-refractivity contribution in [2.45, 2.75) is 19.8 Å². The van der Waals surface area contributed by atoms with Crippen molar-refractivity contribution >= 4 is 17.7 Å². The Bertz CT molecular complexity index is 792. The molecule has 2 rings (SSSR count). The fraction of sp³-hybridized carbons (Fsp3) is 0.200. The first-order valence-corrected chi connectivity index (χ1v) is 8.04. The van der Waals surface area contributed by atoms with E-state index in [0.717, 1.165) is 18.6 Å². The molecule has 0 aromatic heterocycles. The van der Waals surface area contributed by atoms with Gasteiger partial charge in [0.15, 0.2) is 0 Å². The van der Waals surface area contributed by atoms with Crippen LogP contribution in [-0.4, -0.2) is 12.5 Å². The standard InChI is InChI=1S/C20H19FN2O2/c1-2-3-12-25-17-10-8-15(9-11-17)13-16(14-22)20(24)23-19-7-5-4-6-18(19)21/h4-11,13H,2-3,12H2,1H3,(H,23,24)/b16-13+. The largest absolute Gasteiger partial charge is 0.494 e. The normalized spacial score (nSPS) is 10.8. The summed E-state index contributed by atoms with van der Waals surface area (Å²) in [5.41, 5.74) is 0.610. The molecule has 1 amide bonds. The molecule has 0 saturated carbocycles. The summed E-state index contributed by atoms with van der Waals surface area (Å²) in [5, 5.41) is 11.6. The summed E-state index contributed by atoms with van der Waals surface area (Å²) in [4.78, 5) is 12.1. The molecule has 0 heterocycles. The van der Waals surface area contributed by atoms with E-state index in [9.17, 15) is 14.4 Å². The number of nitrogens with one attached hydrogen (secondary N) is 1. The number of ether oxygens (including phenoxy) is 1. The van der Waals surface area contributed by atoms with E-state index in [-0.39, 0.29) is 11.3 Å². The molecule has 0 aliphatic rings. The minimum atomic E-state index is -0.657. The van der Waals surface area contributed by atoms with Crippen molar-refractivity contribution in [3.63, 3.8) is 0 Å². The van der Waals surface area contributed by atoms with Crippen molar-refractivity contribution < 1.29 is 13.9 Å². The van der Waals surface area contributed by atoms with E-state index in [0.29, 0.717) is 12.2 Å². The molecule has 0 aliphatic carbocycles. The molecule has 0 aliphatic heterocycles. The molecule has 25 heavy (non-hydrogen) atoms. The molecule has 4 nitrogen and oxygen atoms in total. The van der Waals surface area contributed by atoms with Gasteiger partial charge in [-0.2, -0.15) is 5.26 Å². The summed E-state index contributed by atoms with van der Waals surface area (Å²) in [6.45, 7) is 2.74. The average molecular weight is 338 g/mol. The third kappa shape index (κ3) is 5.47. The lowest BCUT2D eigenvalue weighted by Crippen LogP contribution is -2.14. The van der Waals surface area contributed by atoms with Crippen molar-refractivity contribution in [1.29, 1.82) is 5.26 Å². The molecular weight excluding hydrogens is 319 g/mol. The van der Waals surface area contributed by atoms with Gasteiger partial charge in [0.05, 0.1) is 12.3 Å². The van der Waals surface area contributed by atoms with Crippen molar-refractivity contribution in [2.24, 2.45) is 0 Å². The van der Waals surface area contributed by atoms with Gasteiger partial charge in [0.2, 0.25) is 0 Å². The molecule has 2 aromatic rings. The highest BCUT2D eigenvalue weighted by Gasteiger charge is 2.11. The zero-order valence-electron chi connectivity index (χ0n) is 14.0. The highest BCUT2D eigenvalue weighted by atomic mass is 19.1. The Morgan fingerprint density at radius 2 is 1.96 bits per heavy atom. The number of para-hydroxylation sites is 1. The Balaban J connectivity index is 2.07. The van der Waals surface area contributed by atoms with Gasteiger partial charge in [-0.05, 0) is 42.3 Å². The fourth-order valence-corrected chi connectivity index (χ4v) is 2.06. The lowest BCUT2D eigenvalue weighted by Gasteiger charge is -2.06. The topological polar surface area (TPSA) is 62.1 Å². The maximum absolute atomic E-state index is 13.6. The van der Waals surface area contributed by atoms with Crippen LogP contribution in [0.15, 0.2) is 54.1 Å². The number of rotatable bonds is 7. The summed E-state index contributed by atoms with van der Waals surface area (Å²) in [6, 6.07) is 14.7. The number of hydrogen-bond donors (Lipinski definition) is 1. The van der Waals surface area contributed by atoms with Crippen LogP contribution in [0.2, 0.25) is 0 Å². The van der Waals surface area contributed by atoms with Crippen molar-refractivity contribution in [3.05, 3.63) is 65.5 Å². The third-order valence-corrected chi connectivity index (χ3v) is 3.44. The molecule has 0 bridgehead atoms. The minimum Gasteiger partial charge on any atom is -0.494 e. The molecule has 0 fully saturated rings. The molecule has 1 N–H and O–H groups in total. The molecule has 0 radical (unpaired) electrons. The predicted octanol–water partition coefficient (Wildman–Crippen LogP) is 4.55. The van der Waals surface area contributed by atoms with Crippen molar-refractivity contribution in [1.82, 2.24) is 0 Å². The summed E-state index contributed by atoms with van der Waals surface area (Å²) in [6.07, 6.45) is 3.49. The number of hydrogen-bond acceptors (Lipinski definition) is 3. The Hall–Kier alpha value is -3.13. The number of halogens is 1. The number of nitrogens with zero attached hydrogens (tertiary/aromatic N) is 1. The van der Waals surface area contributed by atoms with Gasteiger partial charge in [-0.25, -0.2) is 4.39 Å². The monoisotopic (exact) mass is 338 g/mol. The van der Waals surface area contributed by atoms with Crippen LogP contribution < -0.4 is 10.1 Å². The zero-order valence-corrected chi connectivity index (χ0v) is 14.0. The Kier molecular flexibility index (Phi) is 6.73. The van der Waals surface area contributed by atoms with Crippen molar-refractivity contribution in [3.8, 4) is 11.8 Å². The molecule has 5 heteroatoms. The van der Waals surface area contributed by atoms with Crippen LogP contribution in [0.5, 0.6) is 5.75 Å². The van der Waals surface area contributed by atoms with Gasteiger partial charge in [-0.15, -0.1) is 0 Å². The van der Waals surface area contributed by atoms with Crippen LogP contribution in [0.4, 0.5) is 10.1 Å². The molecular formula is C20H19FN2O2. The second-order valence-corrected chi connectivity index (χ2v) is 5.37. The molecule has 0 spiro atoms. The quantitative estimate of drug-likeness (QED) is 0.458. The molecule has 0 unspecified atom stereocenters. The second kappa shape index (κ2) is 9.24. The number of benzene rings is 2. The first kappa shape index (κ1) is 18.2. The van der Waals surface area contributed by atoms with E-state index in [1.807, 2.05) is 6.07 Å². The fourth-order valence-electron chi connectivity index (χ4n) is 2.06. The van der Waals surface area contributed by atoms with Crippen LogP contribution >= 0.6 is 0 Å². The van der Waals surface area contributed by atoms with E-state index >= 15 is 0 Å². The highest BCUT2D eigenvalue weighted by molar-refractivity contribution is 6.09. The summed E-state index contributed by atoms with van der Waals surface area (Å²) >= 11 is 0. The van der Waals surface area contributed by atoms with Crippen LogP contribution in [0.1, 0.15) is 25.3 Å². The smallest absolute Gasteiger partial charge is 0.266 e. The predicted molar refractivity (Wildman–Crippen MR) is 95.5 cm³/mol. The summed E-state index contributed by atoms with van der Waals surface area (Å²) < 4.78 is 19.2.